The van der Waals surface area contributed by atoms with E-state index in [-0.39, 0.29) is 24.0 Å². The third-order valence-electron chi connectivity index (χ3n) is 3.17. The smallest absolute Gasteiger partial charge is 0.191 e. The van der Waals surface area contributed by atoms with Crippen LogP contribution in [0, 0.1) is 0 Å². The zero-order valence-electron chi connectivity index (χ0n) is 12.9. The summed E-state index contributed by atoms with van der Waals surface area (Å²) in [5.74, 6) is 0.862. The standard InChI is InChI=1S/C17H23N3.HI/c1-13(2)20-17(18-3)19-11-10-14-8-9-15-6-4-5-7-16(15)12-14;/h4-9,12-13H,10-11H2,1-3H3,(H2,18,19,20);1H. The summed E-state index contributed by atoms with van der Waals surface area (Å²) in [6.45, 7) is 5.09. The van der Waals surface area contributed by atoms with Crippen molar-refractivity contribution in [3.63, 3.8) is 0 Å². The molecule has 0 spiro atoms. The highest BCUT2D eigenvalue weighted by Gasteiger charge is 2.00. The van der Waals surface area contributed by atoms with Crippen LogP contribution in [0.2, 0.25) is 0 Å². The number of hydrogen-bond donors (Lipinski definition) is 2. The molecule has 21 heavy (non-hydrogen) atoms. The van der Waals surface area contributed by atoms with Crippen molar-refractivity contribution in [2.24, 2.45) is 4.99 Å². The second-order valence-corrected chi connectivity index (χ2v) is 5.23. The quantitative estimate of drug-likeness (QED) is 0.470. The molecule has 0 bridgehead atoms. The Hall–Kier alpha value is -1.30. The van der Waals surface area contributed by atoms with E-state index in [0.717, 1.165) is 18.9 Å². The summed E-state index contributed by atoms with van der Waals surface area (Å²) in [7, 11) is 1.80. The maximum Gasteiger partial charge on any atom is 0.191 e. The van der Waals surface area contributed by atoms with Crippen LogP contribution in [-0.2, 0) is 6.42 Å². The molecule has 0 saturated carbocycles. The zero-order valence-corrected chi connectivity index (χ0v) is 15.2. The first-order valence-electron chi connectivity index (χ1n) is 7.14. The van der Waals surface area contributed by atoms with E-state index in [1.165, 1.54) is 16.3 Å². The van der Waals surface area contributed by atoms with Crippen molar-refractivity contribution in [2.45, 2.75) is 26.3 Å². The monoisotopic (exact) mass is 397 g/mol. The number of halogens is 1. The van der Waals surface area contributed by atoms with E-state index in [2.05, 4.69) is 71.9 Å². The molecule has 0 aliphatic rings. The summed E-state index contributed by atoms with van der Waals surface area (Å²) >= 11 is 0. The SMILES string of the molecule is CN=C(NCCc1ccc2ccccc2c1)NC(C)C.I. The van der Waals surface area contributed by atoms with Gasteiger partial charge in [0.2, 0.25) is 0 Å². The molecule has 0 atom stereocenters. The number of nitrogens with one attached hydrogen (secondary N) is 2. The summed E-state index contributed by atoms with van der Waals surface area (Å²) in [6.07, 6.45) is 0.990. The number of fused-ring (bicyclic) bond motifs is 1. The van der Waals surface area contributed by atoms with E-state index in [0.29, 0.717) is 6.04 Å². The van der Waals surface area contributed by atoms with Crippen LogP contribution in [0.1, 0.15) is 19.4 Å². The number of aliphatic imine (C=N–C) groups is 1. The zero-order chi connectivity index (χ0) is 14.4. The van der Waals surface area contributed by atoms with E-state index in [1.54, 1.807) is 7.05 Å². The van der Waals surface area contributed by atoms with Crippen LogP contribution in [0.4, 0.5) is 0 Å². The van der Waals surface area contributed by atoms with Crippen LogP contribution in [0.25, 0.3) is 10.8 Å². The normalized spacial score (nSPS) is 11.3. The lowest BCUT2D eigenvalue weighted by atomic mass is 10.1. The lowest BCUT2D eigenvalue weighted by Crippen LogP contribution is -2.41. The average molecular weight is 397 g/mol. The Balaban J connectivity index is 0.00000220. The van der Waals surface area contributed by atoms with Crippen molar-refractivity contribution in [2.75, 3.05) is 13.6 Å². The molecule has 0 aliphatic heterocycles. The van der Waals surface area contributed by atoms with Gasteiger partial charge in [-0.1, -0.05) is 42.5 Å². The minimum Gasteiger partial charge on any atom is -0.356 e. The third kappa shape index (κ3) is 5.53. The highest BCUT2D eigenvalue weighted by molar-refractivity contribution is 14.0. The molecule has 2 N–H and O–H groups in total. The Labute approximate surface area is 144 Å². The van der Waals surface area contributed by atoms with Gasteiger partial charge in [-0.25, -0.2) is 0 Å². The molecule has 0 amide bonds. The van der Waals surface area contributed by atoms with Gasteiger partial charge in [-0.05, 0) is 36.6 Å². The fourth-order valence-corrected chi connectivity index (χ4v) is 2.19. The van der Waals surface area contributed by atoms with E-state index in [4.69, 9.17) is 0 Å². The molecule has 0 aliphatic carbocycles. The van der Waals surface area contributed by atoms with Gasteiger partial charge in [0.1, 0.15) is 0 Å². The summed E-state index contributed by atoms with van der Waals surface area (Å²) < 4.78 is 0. The fourth-order valence-electron chi connectivity index (χ4n) is 2.19. The fraction of sp³-hybridized carbons (Fsp3) is 0.353. The van der Waals surface area contributed by atoms with Crippen molar-refractivity contribution < 1.29 is 0 Å². The minimum absolute atomic E-state index is 0. The first-order valence-corrected chi connectivity index (χ1v) is 7.14. The number of benzene rings is 2. The largest absolute Gasteiger partial charge is 0.356 e. The molecule has 114 valence electrons. The summed E-state index contributed by atoms with van der Waals surface area (Å²) in [4.78, 5) is 4.20. The average Bonchev–Trinajstić information content (AvgIpc) is 2.45. The lowest BCUT2D eigenvalue weighted by molar-refractivity contribution is 0.698. The van der Waals surface area contributed by atoms with Gasteiger partial charge in [0.05, 0.1) is 0 Å². The van der Waals surface area contributed by atoms with Crippen LogP contribution in [0.15, 0.2) is 47.5 Å². The number of rotatable bonds is 4. The van der Waals surface area contributed by atoms with Crippen molar-refractivity contribution in [1.29, 1.82) is 0 Å². The Morgan fingerprint density at radius 2 is 1.81 bits per heavy atom. The second kappa shape index (κ2) is 8.87. The molecule has 0 radical (unpaired) electrons. The summed E-state index contributed by atoms with van der Waals surface area (Å²) in [5.41, 5.74) is 1.34. The van der Waals surface area contributed by atoms with Gasteiger partial charge >= 0.3 is 0 Å². The highest BCUT2D eigenvalue weighted by atomic mass is 127. The maximum absolute atomic E-state index is 4.20. The van der Waals surface area contributed by atoms with Gasteiger partial charge in [-0.3, -0.25) is 4.99 Å². The van der Waals surface area contributed by atoms with E-state index >= 15 is 0 Å². The van der Waals surface area contributed by atoms with Gasteiger partial charge < -0.3 is 10.6 Å². The Kier molecular flexibility index (Phi) is 7.50. The van der Waals surface area contributed by atoms with Gasteiger partial charge in [0.25, 0.3) is 0 Å². The van der Waals surface area contributed by atoms with Crippen molar-refractivity contribution in [3.8, 4) is 0 Å². The molecule has 0 aromatic heterocycles. The maximum atomic E-state index is 4.20. The predicted molar refractivity (Wildman–Crippen MR) is 103 cm³/mol. The van der Waals surface area contributed by atoms with Crippen molar-refractivity contribution in [1.82, 2.24) is 10.6 Å². The van der Waals surface area contributed by atoms with E-state index < -0.39 is 0 Å². The van der Waals surface area contributed by atoms with Gasteiger partial charge in [0, 0.05) is 19.6 Å². The topological polar surface area (TPSA) is 36.4 Å². The van der Waals surface area contributed by atoms with Crippen LogP contribution < -0.4 is 10.6 Å². The number of guanidine groups is 1. The second-order valence-electron chi connectivity index (χ2n) is 5.23. The lowest BCUT2D eigenvalue weighted by Gasteiger charge is -2.14. The van der Waals surface area contributed by atoms with Crippen LogP contribution in [0.3, 0.4) is 0 Å². The van der Waals surface area contributed by atoms with Crippen LogP contribution in [0.5, 0.6) is 0 Å². The first kappa shape index (κ1) is 17.8. The molecule has 0 fully saturated rings. The Morgan fingerprint density at radius 1 is 1.10 bits per heavy atom. The molecule has 2 aromatic rings. The molecular weight excluding hydrogens is 373 g/mol. The highest BCUT2D eigenvalue weighted by Crippen LogP contribution is 2.15. The molecule has 2 aromatic carbocycles. The molecule has 0 heterocycles. The van der Waals surface area contributed by atoms with Gasteiger partial charge in [-0.2, -0.15) is 0 Å². The van der Waals surface area contributed by atoms with Gasteiger partial charge in [-0.15, -0.1) is 24.0 Å². The third-order valence-corrected chi connectivity index (χ3v) is 3.17. The first-order chi connectivity index (χ1) is 9.69. The summed E-state index contributed by atoms with van der Waals surface area (Å²) in [6, 6.07) is 15.5. The van der Waals surface area contributed by atoms with Crippen molar-refractivity contribution >= 4 is 40.7 Å². The molecule has 3 nitrogen and oxygen atoms in total. The molecular formula is C17H24IN3. The van der Waals surface area contributed by atoms with Gasteiger partial charge in [0.15, 0.2) is 5.96 Å². The Morgan fingerprint density at radius 3 is 2.48 bits per heavy atom. The molecule has 0 saturated heterocycles. The van der Waals surface area contributed by atoms with E-state index in [1.807, 2.05) is 0 Å². The van der Waals surface area contributed by atoms with Crippen molar-refractivity contribution in [3.05, 3.63) is 48.0 Å². The number of hydrogen-bond acceptors (Lipinski definition) is 1. The Bertz CT molecular complexity index is 593. The van der Waals surface area contributed by atoms with E-state index in [9.17, 15) is 0 Å². The predicted octanol–water partition coefficient (Wildman–Crippen LogP) is 3.57. The molecule has 2 rings (SSSR count). The van der Waals surface area contributed by atoms with Crippen LogP contribution in [-0.4, -0.2) is 25.6 Å². The minimum atomic E-state index is 0. The molecule has 4 heteroatoms. The summed E-state index contributed by atoms with van der Waals surface area (Å²) in [5, 5.41) is 9.21. The molecule has 0 unspecified atom stereocenters. The number of nitrogens with zero attached hydrogens (tertiary/aromatic N) is 1. The van der Waals surface area contributed by atoms with Crippen LogP contribution >= 0.6 is 24.0 Å².